The van der Waals surface area contributed by atoms with Crippen molar-refractivity contribution < 1.29 is 4.74 Å². The molecule has 178 valence electrons. The molecular formula is C24H25N9OS. The summed E-state index contributed by atoms with van der Waals surface area (Å²) in [7, 11) is 1.99. The van der Waals surface area contributed by atoms with E-state index in [1.807, 2.05) is 33.0 Å². The fourth-order valence-corrected chi connectivity index (χ4v) is 5.30. The molecule has 0 bridgehead atoms. The lowest BCUT2D eigenvalue weighted by molar-refractivity contribution is 0.471. The van der Waals surface area contributed by atoms with Crippen LogP contribution in [0.2, 0.25) is 0 Å². The quantitative estimate of drug-likeness (QED) is 0.339. The van der Waals surface area contributed by atoms with Crippen molar-refractivity contribution in [3.8, 4) is 22.2 Å². The molecule has 35 heavy (non-hydrogen) atoms. The molecule has 1 aliphatic heterocycles. The standard InChI is InChI=1S/C24H25N9OS/c1-12-4-5-18-17(10-28-31-18)21(12)34-23-20-15(8-19(29-23)33-7-6-14(11-33)26-3)16(9-27-22(20)25)24-32-30-13(2)35-24/h4-5,8-10,14,26H,6-7,11H2,1-3H3,(H2,25,27)(H,28,31)/t14-/m1/s1. The molecule has 0 saturated carbocycles. The molecule has 0 radical (unpaired) electrons. The van der Waals surface area contributed by atoms with Crippen LogP contribution in [0.4, 0.5) is 11.6 Å². The van der Waals surface area contributed by atoms with E-state index in [9.17, 15) is 0 Å². The van der Waals surface area contributed by atoms with Crippen molar-refractivity contribution in [1.29, 1.82) is 0 Å². The Bertz CT molecular complexity index is 1560. The lowest BCUT2D eigenvalue weighted by atomic mass is 10.1. The van der Waals surface area contributed by atoms with Gasteiger partial charge in [0.25, 0.3) is 0 Å². The molecule has 10 nitrogen and oxygen atoms in total. The minimum absolute atomic E-state index is 0.352. The van der Waals surface area contributed by atoms with Gasteiger partial charge in [-0.15, -0.1) is 10.2 Å². The van der Waals surface area contributed by atoms with Crippen LogP contribution in [-0.2, 0) is 0 Å². The lowest BCUT2D eigenvalue weighted by Gasteiger charge is -2.21. The number of hydrogen-bond donors (Lipinski definition) is 3. The molecule has 0 unspecified atom stereocenters. The number of nitrogens with two attached hydrogens (primary N) is 1. The molecule has 0 aliphatic carbocycles. The summed E-state index contributed by atoms with van der Waals surface area (Å²) >= 11 is 1.52. The van der Waals surface area contributed by atoms with Crippen molar-refractivity contribution in [3.63, 3.8) is 0 Å². The first-order valence-corrected chi connectivity index (χ1v) is 12.3. The summed E-state index contributed by atoms with van der Waals surface area (Å²) in [6.07, 6.45) is 4.56. The van der Waals surface area contributed by atoms with E-state index in [0.29, 0.717) is 28.9 Å². The van der Waals surface area contributed by atoms with Gasteiger partial charge in [0, 0.05) is 36.3 Å². The molecule has 1 aliphatic rings. The van der Waals surface area contributed by atoms with Gasteiger partial charge in [0.2, 0.25) is 5.88 Å². The van der Waals surface area contributed by atoms with Crippen molar-refractivity contribution in [1.82, 2.24) is 35.7 Å². The average molecular weight is 488 g/mol. The largest absolute Gasteiger partial charge is 0.437 e. The van der Waals surface area contributed by atoms with Crippen molar-refractivity contribution in [3.05, 3.63) is 41.2 Å². The number of benzene rings is 1. The maximum absolute atomic E-state index is 6.56. The Morgan fingerprint density at radius 3 is 2.86 bits per heavy atom. The molecule has 0 amide bonds. The third-order valence-electron chi connectivity index (χ3n) is 6.50. The van der Waals surface area contributed by atoms with Gasteiger partial charge in [-0.2, -0.15) is 10.1 Å². The van der Waals surface area contributed by atoms with E-state index in [1.54, 1.807) is 12.4 Å². The van der Waals surface area contributed by atoms with Crippen LogP contribution in [0.3, 0.4) is 0 Å². The van der Waals surface area contributed by atoms with Gasteiger partial charge < -0.3 is 20.7 Å². The van der Waals surface area contributed by atoms with Crippen LogP contribution in [0, 0.1) is 13.8 Å². The zero-order chi connectivity index (χ0) is 24.1. The smallest absolute Gasteiger partial charge is 0.232 e. The number of hydrogen-bond acceptors (Lipinski definition) is 10. The molecule has 1 aromatic carbocycles. The highest BCUT2D eigenvalue weighted by atomic mass is 32.1. The second kappa shape index (κ2) is 8.43. The van der Waals surface area contributed by atoms with Crippen molar-refractivity contribution in [2.45, 2.75) is 26.3 Å². The minimum atomic E-state index is 0.352. The second-order valence-electron chi connectivity index (χ2n) is 8.76. The predicted molar refractivity (Wildman–Crippen MR) is 138 cm³/mol. The molecule has 5 heterocycles. The third-order valence-corrected chi connectivity index (χ3v) is 7.37. The van der Waals surface area contributed by atoms with Gasteiger partial charge in [-0.25, -0.2) is 4.98 Å². The average Bonchev–Trinajstić information content (AvgIpc) is 3.61. The topological polar surface area (TPSA) is 131 Å². The number of likely N-dealkylation sites (N-methyl/N-ethyl adjacent to an activating group) is 1. The highest BCUT2D eigenvalue weighted by molar-refractivity contribution is 7.14. The summed E-state index contributed by atoms with van der Waals surface area (Å²) in [5.74, 6) is 2.28. The van der Waals surface area contributed by atoms with Gasteiger partial charge in [0.1, 0.15) is 27.4 Å². The number of ether oxygens (including phenoxy) is 1. The Labute approximate surface area is 205 Å². The Morgan fingerprint density at radius 1 is 1.20 bits per heavy atom. The van der Waals surface area contributed by atoms with E-state index in [-0.39, 0.29) is 0 Å². The summed E-state index contributed by atoms with van der Waals surface area (Å²) in [5.41, 5.74) is 9.15. The number of aromatic amines is 1. The molecule has 5 aromatic rings. The molecule has 1 saturated heterocycles. The molecule has 4 N–H and O–H groups in total. The van der Waals surface area contributed by atoms with Crippen molar-refractivity contribution in [2.75, 3.05) is 30.8 Å². The normalized spacial score (nSPS) is 16.0. The van der Waals surface area contributed by atoms with Crippen LogP contribution in [0.5, 0.6) is 11.6 Å². The zero-order valence-corrected chi connectivity index (χ0v) is 20.5. The maximum Gasteiger partial charge on any atom is 0.232 e. The molecule has 4 aromatic heterocycles. The highest BCUT2D eigenvalue weighted by Crippen LogP contribution is 2.42. The summed E-state index contributed by atoms with van der Waals surface area (Å²) in [6, 6.07) is 6.46. The molecule has 6 rings (SSSR count). The number of nitrogen functional groups attached to an aromatic ring is 1. The number of anilines is 2. The first kappa shape index (κ1) is 21.7. The predicted octanol–water partition coefficient (Wildman–Crippen LogP) is 3.81. The van der Waals surface area contributed by atoms with E-state index in [4.69, 9.17) is 15.5 Å². The van der Waals surface area contributed by atoms with E-state index in [0.717, 1.165) is 62.8 Å². The zero-order valence-electron chi connectivity index (χ0n) is 19.7. The summed E-state index contributed by atoms with van der Waals surface area (Å²) in [5, 5.41) is 23.2. The molecular weight excluding hydrogens is 462 g/mol. The number of pyridine rings is 2. The van der Waals surface area contributed by atoms with E-state index < -0.39 is 0 Å². The number of fused-ring (bicyclic) bond motifs is 2. The Kier molecular flexibility index (Phi) is 5.23. The van der Waals surface area contributed by atoms with Gasteiger partial charge in [0.15, 0.2) is 0 Å². The van der Waals surface area contributed by atoms with Crippen LogP contribution in [0.15, 0.2) is 30.6 Å². The molecule has 11 heteroatoms. The number of aryl methyl sites for hydroxylation is 2. The van der Waals surface area contributed by atoms with Crippen LogP contribution in [-0.4, -0.2) is 56.5 Å². The molecule has 1 fully saturated rings. The number of H-pyrrole nitrogens is 1. The van der Waals surface area contributed by atoms with Gasteiger partial charge in [-0.1, -0.05) is 17.4 Å². The summed E-state index contributed by atoms with van der Waals surface area (Å²) in [6.45, 7) is 5.70. The van der Waals surface area contributed by atoms with E-state index in [2.05, 4.69) is 41.7 Å². The number of aromatic nitrogens is 6. The minimum Gasteiger partial charge on any atom is -0.437 e. The highest BCUT2D eigenvalue weighted by Gasteiger charge is 2.26. The van der Waals surface area contributed by atoms with Gasteiger partial charge >= 0.3 is 0 Å². The Morgan fingerprint density at radius 2 is 2.09 bits per heavy atom. The van der Waals surface area contributed by atoms with Gasteiger partial charge in [0.05, 0.1) is 22.5 Å². The van der Waals surface area contributed by atoms with Crippen LogP contribution in [0.1, 0.15) is 17.0 Å². The summed E-state index contributed by atoms with van der Waals surface area (Å²) in [4.78, 5) is 11.7. The van der Waals surface area contributed by atoms with Crippen LogP contribution >= 0.6 is 11.3 Å². The molecule has 1 atom stereocenters. The summed E-state index contributed by atoms with van der Waals surface area (Å²) < 4.78 is 6.56. The van der Waals surface area contributed by atoms with Crippen LogP contribution < -0.4 is 20.7 Å². The fraction of sp³-hybridized carbons (Fsp3) is 0.292. The van der Waals surface area contributed by atoms with Gasteiger partial charge in [-0.05, 0) is 45.0 Å². The monoisotopic (exact) mass is 487 g/mol. The Balaban J connectivity index is 1.58. The molecule has 0 spiro atoms. The number of rotatable bonds is 5. The Hall–Kier alpha value is -3.83. The first-order valence-electron chi connectivity index (χ1n) is 11.4. The van der Waals surface area contributed by atoms with Crippen LogP contribution in [0.25, 0.3) is 32.2 Å². The maximum atomic E-state index is 6.56. The fourth-order valence-electron chi connectivity index (χ4n) is 4.59. The number of nitrogens with zero attached hydrogens (tertiary/aromatic N) is 6. The van der Waals surface area contributed by atoms with Gasteiger partial charge in [-0.3, -0.25) is 5.10 Å². The van der Waals surface area contributed by atoms with Crippen molar-refractivity contribution >= 4 is 44.6 Å². The SMILES string of the molecule is CN[C@@H]1CCN(c2cc3c(-c4nnc(C)s4)cnc(N)c3c(Oc3c(C)ccc4[nH]ncc34)n2)C1. The third kappa shape index (κ3) is 3.72. The number of nitrogens with one attached hydrogen (secondary N) is 2. The lowest BCUT2D eigenvalue weighted by Crippen LogP contribution is -2.29. The first-order chi connectivity index (χ1) is 17.0. The second-order valence-corrected chi connectivity index (χ2v) is 9.94. The van der Waals surface area contributed by atoms with E-state index in [1.165, 1.54) is 11.3 Å². The van der Waals surface area contributed by atoms with Crippen molar-refractivity contribution in [2.24, 2.45) is 0 Å². The van der Waals surface area contributed by atoms with E-state index >= 15 is 0 Å².